The molecule has 0 amide bonds. The average molecular weight is 747 g/mol. The molecule has 0 N–H and O–H groups in total. The minimum atomic E-state index is 0.607. The lowest BCUT2D eigenvalue weighted by Crippen LogP contribution is -2.00. The Morgan fingerprint density at radius 3 is 1.67 bits per heavy atom. The van der Waals surface area contributed by atoms with Gasteiger partial charge in [-0.25, -0.2) is 15.0 Å². The van der Waals surface area contributed by atoms with Crippen LogP contribution in [0.1, 0.15) is 0 Å². The maximum Gasteiger partial charge on any atom is 0.164 e. The van der Waals surface area contributed by atoms with Gasteiger partial charge in [-0.05, 0) is 71.8 Å². The third-order valence-corrected chi connectivity index (χ3v) is 12.2. The Morgan fingerprint density at radius 1 is 0.386 bits per heavy atom. The Morgan fingerprint density at radius 2 is 0.965 bits per heavy atom. The van der Waals surface area contributed by atoms with Gasteiger partial charge in [0, 0.05) is 64.1 Å². The van der Waals surface area contributed by atoms with Crippen molar-refractivity contribution in [2.24, 2.45) is 0 Å². The summed E-state index contributed by atoms with van der Waals surface area (Å²) in [6.07, 6.45) is 0. The van der Waals surface area contributed by atoms with E-state index in [-0.39, 0.29) is 0 Å². The first-order valence-corrected chi connectivity index (χ1v) is 19.8. The standard InChI is InChI=1S/C51H30N4OS/c1-3-12-31(13-4-1)49-52-50(32-14-5-2-6-15-32)54-51(53-49)39-18-11-21-44-48(39)38-25-22-34(29-45(38)56-44)33-23-26-46-40(28-33)41-30-35(24-27-47(41)57-46)55-42-19-9-7-16-36(42)37-17-8-10-20-43(37)55/h1-30H. The molecule has 0 unspecified atom stereocenters. The van der Waals surface area contributed by atoms with Crippen LogP contribution in [0, 0.1) is 0 Å². The maximum atomic E-state index is 6.60. The van der Waals surface area contributed by atoms with Crippen LogP contribution in [0.5, 0.6) is 0 Å². The number of thiophene rings is 1. The van der Waals surface area contributed by atoms with Gasteiger partial charge in [0.25, 0.3) is 0 Å². The quantitative estimate of drug-likeness (QED) is 0.176. The highest BCUT2D eigenvalue weighted by Gasteiger charge is 2.19. The molecule has 0 bridgehead atoms. The summed E-state index contributed by atoms with van der Waals surface area (Å²) < 4.78 is 11.5. The summed E-state index contributed by atoms with van der Waals surface area (Å²) in [7, 11) is 0. The number of hydrogen-bond acceptors (Lipinski definition) is 5. The van der Waals surface area contributed by atoms with Crippen molar-refractivity contribution in [2.45, 2.75) is 0 Å². The van der Waals surface area contributed by atoms with Crippen molar-refractivity contribution in [2.75, 3.05) is 0 Å². The lowest BCUT2D eigenvalue weighted by atomic mass is 10.00. The molecule has 266 valence electrons. The fourth-order valence-electron chi connectivity index (χ4n) is 8.41. The van der Waals surface area contributed by atoms with Crippen molar-refractivity contribution in [3.63, 3.8) is 0 Å². The van der Waals surface area contributed by atoms with E-state index in [1.165, 1.54) is 42.0 Å². The highest BCUT2D eigenvalue weighted by atomic mass is 32.1. The molecule has 0 saturated carbocycles. The Balaban J connectivity index is 0.982. The molecule has 0 saturated heterocycles. The highest BCUT2D eigenvalue weighted by Crippen LogP contribution is 2.42. The number of nitrogens with zero attached hydrogens (tertiary/aromatic N) is 4. The van der Waals surface area contributed by atoms with Gasteiger partial charge in [0.1, 0.15) is 11.2 Å². The van der Waals surface area contributed by atoms with Gasteiger partial charge in [-0.1, -0.05) is 121 Å². The van der Waals surface area contributed by atoms with Crippen LogP contribution in [0.4, 0.5) is 0 Å². The first kappa shape index (κ1) is 31.9. The smallest absolute Gasteiger partial charge is 0.164 e. The van der Waals surface area contributed by atoms with Gasteiger partial charge in [-0.2, -0.15) is 0 Å². The molecule has 0 aliphatic rings. The molecule has 12 rings (SSSR count). The second-order valence-corrected chi connectivity index (χ2v) is 15.5. The van der Waals surface area contributed by atoms with E-state index in [0.717, 1.165) is 55.4 Å². The van der Waals surface area contributed by atoms with Crippen LogP contribution in [-0.2, 0) is 0 Å². The molecule has 12 aromatic rings. The van der Waals surface area contributed by atoms with Crippen molar-refractivity contribution in [3.05, 3.63) is 182 Å². The molecule has 0 fully saturated rings. The summed E-state index contributed by atoms with van der Waals surface area (Å²) in [6.45, 7) is 0. The van der Waals surface area contributed by atoms with E-state index < -0.39 is 0 Å². The zero-order chi connectivity index (χ0) is 37.5. The molecular weight excluding hydrogens is 717 g/mol. The van der Waals surface area contributed by atoms with Gasteiger partial charge in [0.05, 0.1) is 11.0 Å². The second-order valence-electron chi connectivity index (χ2n) is 14.4. The Kier molecular flexibility index (Phi) is 7.03. The van der Waals surface area contributed by atoms with E-state index >= 15 is 0 Å². The summed E-state index contributed by atoms with van der Waals surface area (Å²) >= 11 is 1.84. The van der Waals surface area contributed by atoms with Crippen LogP contribution in [0.3, 0.4) is 0 Å². The molecule has 4 heterocycles. The zero-order valence-corrected chi connectivity index (χ0v) is 31.2. The number of furan rings is 1. The van der Waals surface area contributed by atoms with Crippen molar-refractivity contribution in [1.82, 2.24) is 19.5 Å². The predicted octanol–water partition coefficient (Wildman–Crippen LogP) is 13.9. The number of rotatable bonds is 5. The van der Waals surface area contributed by atoms with Crippen molar-refractivity contribution in [3.8, 4) is 51.0 Å². The Hall–Kier alpha value is -7.41. The van der Waals surface area contributed by atoms with Crippen LogP contribution < -0.4 is 0 Å². The molecule has 4 aromatic heterocycles. The molecule has 8 aromatic carbocycles. The largest absolute Gasteiger partial charge is 0.456 e. The molecule has 0 aliphatic carbocycles. The number of para-hydroxylation sites is 2. The predicted molar refractivity (Wildman–Crippen MR) is 236 cm³/mol. The molecule has 0 spiro atoms. The fraction of sp³-hybridized carbons (Fsp3) is 0. The van der Waals surface area contributed by atoms with Gasteiger partial charge in [0.15, 0.2) is 17.5 Å². The fourth-order valence-corrected chi connectivity index (χ4v) is 9.47. The minimum absolute atomic E-state index is 0.607. The molecule has 0 atom stereocenters. The Labute approximate surface area is 330 Å². The SMILES string of the molecule is c1ccc(-c2nc(-c3ccccc3)nc(-c3cccc4oc5cc(-c6ccc7sc8ccc(-n9c%10ccccc%10c%10ccccc%109)cc8c7c6)ccc5c34)n2)cc1. The van der Waals surface area contributed by atoms with Gasteiger partial charge in [0.2, 0.25) is 0 Å². The van der Waals surface area contributed by atoms with E-state index in [1.807, 2.05) is 84.1 Å². The molecule has 57 heavy (non-hydrogen) atoms. The highest BCUT2D eigenvalue weighted by molar-refractivity contribution is 7.25. The number of hydrogen-bond donors (Lipinski definition) is 0. The van der Waals surface area contributed by atoms with Crippen molar-refractivity contribution >= 4 is 75.3 Å². The summed E-state index contributed by atoms with van der Waals surface area (Å²) in [6, 6.07) is 63.9. The first-order chi connectivity index (χ1) is 28.2. The van der Waals surface area contributed by atoms with E-state index in [9.17, 15) is 0 Å². The monoisotopic (exact) mass is 746 g/mol. The summed E-state index contributed by atoms with van der Waals surface area (Å²) in [5.74, 6) is 1.87. The van der Waals surface area contributed by atoms with Gasteiger partial charge in [-0.3, -0.25) is 0 Å². The van der Waals surface area contributed by atoms with E-state index in [2.05, 4.69) is 114 Å². The van der Waals surface area contributed by atoms with Crippen molar-refractivity contribution < 1.29 is 4.42 Å². The number of fused-ring (bicyclic) bond motifs is 9. The van der Waals surface area contributed by atoms with Crippen LogP contribution in [0.25, 0.3) is 115 Å². The average Bonchev–Trinajstić information content (AvgIpc) is 3.95. The molecular formula is C51H30N4OS. The van der Waals surface area contributed by atoms with E-state index in [0.29, 0.717) is 17.5 Å². The lowest BCUT2D eigenvalue weighted by molar-refractivity contribution is 0.669. The minimum Gasteiger partial charge on any atom is -0.456 e. The van der Waals surface area contributed by atoms with Gasteiger partial charge >= 0.3 is 0 Å². The molecule has 6 heteroatoms. The maximum absolute atomic E-state index is 6.60. The lowest BCUT2D eigenvalue weighted by Gasteiger charge is -2.09. The number of benzene rings is 8. The van der Waals surface area contributed by atoms with Gasteiger partial charge < -0.3 is 8.98 Å². The second kappa shape index (κ2) is 12.6. The van der Waals surface area contributed by atoms with Crippen LogP contribution in [0.2, 0.25) is 0 Å². The van der Waals surface area contributed by atoms with E-state index in [1.54, 1.807) is 0 Å². The Bertz CT molecular complexity index is 3420. The molecule has 0 aliphatic heterocycles. The summed E-state index contributed by atoms with van der Waals surface area (Å²) in [5.41, 5.74) is 10.2. The third-order valence-electron chi connectivity index (χ3n) is 11.1. The van der Waals surface area contributed by atoms with Crippen LogP contribution >= 0.6 is 11.3 Å². The number of aromatic nitrogens is 4. The van der Waals surface area contributed by atoms with Gasteiger partial charge in [-0.15, -0.1) is 11.3 Å². The van der Waals surface area contributed by atoms with Crippen molar-refractivity contribution in [1.29, 1.82) is 0 Å². The normalized spacial score (nSPS) is 11.9. The molecule has 5 nitrogen and oxygen atoms in total. The van der Waals surface area contributed by atoms with Crippen LogP contribution in [-0.4, -0.2) is 19.5 Å². The summed E-state index contributed by atoms with van der Waals surface area (Å²) in [5, 5.41) is 7.04. The zero-order valence-electron chi connectivity index (χ0n) is 30.4. The topological polar surface area (TPSA) is 56.7 Å². The molecule has 0 radical (unpaired) electrons. The summed E-state index contributed by atoms with van der Waals surface area (Å²) in [4.78, 5) is 15.0. The third kappa shape index (κ3) is 5.12. The first-order valence-electron chi connectivity index (χ1n) is 19.0. The van der Waals surface area contributed by atoms with E-state index in [4.69, 9.17) is 19.4 Å². The van der Waals surface area contributed by atoms with Crippen LogP contribution in [0.15, 0.2) is 186 Å².